The number of carbonyl (C=O) groups is 1. The van der Waals surface area contributed by atoms with E-state index in [1.165, 1.54) is 25.3 Å². The largest absolute Gasteiger partial charge is 0.495 e. The van der Waals surface area contributed by atoms with Crippen molar-refractivity contribution in [3.05, 3.63) is 57.8 Å². The molecule has 0 fully saturated rings. The van der Waals surface area contributed by atoms with Crippen LogP contribution in [0.1, 0.15) is 29.9 Å². The molecular formula is C21H23N3O5. The van der Waals surface area contributed by atoms with Crippen LogP contribution in [0.5, 0.6) is 11.5 Å². The number of benzene rings is 2. The fraction of sp³-hybridized carbons (Fsp3) is 0.286. The fourth-order valence-corrected chi connectivity index (χ4v) is 3.47. The van der Waals surface area contributed by atoms with Gasteiger partial charge in [0, 0.05) is 29.6 Å². The molecule has 0 spiro atoms. The van der Waals surface area contributed by atoms with E-state index in [1.807, 2.05) is 43.5 Å². The number of hydrogen-bond donors (Lipinski definition) is 1. The lowest BCUT2D eigenvalue weighted by atomic mass is 10.1. The number of amides is 1. The molecular weight excluding hydrogens is 374 g/mol. The summed E-state index contributed by atoms with van der Waals surface area (Å²) in [5.74, 6) is 0.723. The molecule has 1 aromatic heterocycles. The Hall–Kier alpha value is -3.55. The summed E-state index contributed by atoms with van der Waals surface area (Å²) in [6.07, 6.45) is 0. The van der Waals surface area contributed by atoms with Gasteiger partial charge in [-0.3, -0.25) is 14.9 Å². The molecule has 0 aliphatic heterocycles. The Morgan fingerprint density at radius 3 is 2.59 bits per heavy atom. The number of aryl methyl sites for hydroxylation is 2. The van der Waals surface area contributed by atoms with Crippen LogP contribution in [0.25, 0.3) is 10.9 Å². The van der Waals surface area contributed by atoms with Gasteiger partial charge in [0.25, 0.3) is 11.6 Å². The first-order chi connectivity index (χ1) is 13.9. The monoisotopic (exact) mass is 397 g/mol. The van der Waals surface area contributed by atoms with Crippen LogP contribution in [0.2, 0.25) is 0 Å². The minimum atomic E-state index is -0.515. The molecule has 8 nitrogen and oxygen atoms in total. The van der Waals surface area contributed by atoms with Crippen molar-refractivity contribution in [2.75, 3.05) is 19.0 Å². The molecule has 0 saturated heterocycles. The van der Waals surface area contributed by atoms with Gasteiger partial charge in [0.2, 0.25) is 0 Å². The quantitative estimate of drug-likeness (QED) is 0.466. The molecule has 0 aliphatic carbocycles. The first-order valence-electron chi connectivity index (χ1n) is 9.30. The number of nitrogens with one attached hydrogen (secondary N) is 1. The van der Waals surface area contributed by atoms with E-state index in [1.54, 1.807) is 0 Å². The van der Waals surface area contributed by atoms with Crippen molar-refractivity contribution in [3.63, 3.8) is 0 Å². The van der Waals surface area contributed by atoms with Crippen molar-refractivity contribution in [2.45, 2.75) is 27.3 Å². The molecule has 8 heteroatoms. The third kappa shape index (κ3) is 3.73. The van der Waals surface area contributed by atoms with E-state index in [0.717, 1.165) is 22.2 Å². The van der Waals surface area contributed by atoms with Crippen LogP contribution in [-0.2, 0) is 6.54 Å². The van der Waals surface area contributed by atoms with Gasteiger partial charge in [-0.25, -0.2) is 0 Å². The van der Waals surface area contributed by atoms with E-state index in [2.05, 4.69) is 5.32 Å². The molecule has 3 aromatic rings. The smallest absolute Gasteiger partial charge is 0.272 e. The topological polar surface area (TPSA) is 95.6 Å². The molecule has 0 atom stereocenters. The number of carbonyl (C=O) groups excluding carboxylic acids is 1. The zero-order chi connectivity index (χ0) is 21.1. The van der Waals surface area contributed by atoms with Crippen molar-refractivity contribution in [1.29, 1.82) is 0 Å². The maximum Gasteiger partial charge on any atom is 0.272 e. The third-order valence-corrected chi connectivity index (χ3v) is 4.77. The summed E-state index contributed by atoms with van der Waals surface area (Å²) in [4.78, 5) is 23.7. The summed E-state index contributed by atoms with van der Waals surface area (Å²) in [5, 5.41) is 14.8. The highest BCUT2D eigenvalue weighted by Gasteiger charge is 2.22. The molecule has 1 amide bonds. The number of rotatable bonds is 7. The number of ether oxygens (including phenoxy) is 2. The molecule has 0 unspecified atom stereocenters. The molecule has 0 aliphatic rings. The second-order valence-electron chi connectivity index (χ2n) is 6.43. The Morgan fingerprint density at radius 1 is 1.21 bits per heavy atom. The molecule has 3 rings (SSSR count). The van der Waals surface area contributed by atoms with Crippen molar-refractivity contribution in [1.82, 2.24) is 4.57 Å². The standard InChI is InChI=1S/C21H23N3O5/c1-5-23-18-9-8-15(29-6-2)12-16(18)13(3)20(23)21(25)22-17-11-14(24(26)27)7-10-19(17)28-4/h7-12H,5-6H2,1-4H3,(H,22,25). The van der Waals surface area contributed by atoms with E-state index in [9.17, 15) is 14.9 Å². The lowest BCUT2D eigenvalue weighted by Crippen LogP contribution is -2.18. The number of nitrogens with zero attached hydrogens (tertiary/aromatic N) is 2. The lowest BCUT2D eigenvalue weighted by Gasteiger charge is -2.12. The molecule has 0 radical (unpaired) electrons. The highest BCUT2D eigenvalue weighted by atomic mass is 16.6. The molecule has 1 heterocycles. The van der Waals surface area contributed by atoms with Crippen LogP contribution in [-0.4, -0.2) is 29.1 Å². The molecule has 152 valence electrons. The van der Waals surface area contributed by atoms with Gasteiger partial charge in [-0.05, 0) is 50.6 Å². The average Bonchev–Trinajstić information content (AvgIpc) is 2.99. The number of non-ortho nitro benzene ring substituents is 1. The summed E-state index contributed by atoms with van der Waals surface area (Å²) in [6, 6.07) is 9.82. The number of methoxy groups -OCH3 is 1. The average molecular weight is 397 g/mol. The van der Waals surface area contributed by atoms with Gasteiger partial charge >= 0.3 is 0 Å². The van der Waals surface area contributed by atoms with Gasteiger partial charge in [0.15, 0.2) is 0 Å². The molecule has 2 aromatic carbocycles. The van der Waals surface area contributed by atoms with Gasteiger partial charge in [0.05, 0.1) is 24.3 Å². The summed E-state index contributed by atoms with van der Waals surface area (Å²) in [7, 11) is 1.44. The van der Waals surface area contributed by atoms with E-state index >= 15 is 0 Å². The lowest BCUT2D eigenvalue weighted by molar-refractivity contribution is -0.384. The predicted molar refractivity (Wildman–Crippen MR) is 111 cm³/mol. The van der Waals surface area contributed by atoms with Gasteiger partial charge < -0.3 is 19.4 Å². The fourth-order valence-electron chi connectivity index (χ4n) is 3.47. The normalized spacial score (nSPS) is 10.8. The SMILES string of the molecule is CCOc1ccc2c(c1)c(C)c(C(=O)Nc1cc([N+](=O)[O-])ccc1OC)n2CC. The van der Waals surface area contributed by atoms with Crippen LogP contribution in [0, 0.1) is 17.0 Å². The Morgan fingerprint density at radius 2 is 1.97 bits per heavy atom. The number of nitro groups is 1. The highest BCUT2D eigenvalue weighted by molar-refractivity contribution is 6.09. The van der Waals surface area contributed by atoms with Crippen LogP contribution >= 0.6 is 0 Å². The Bertz CT molecular complexity index is 1090. The molecule has 29 heavy (non-hydrogen) atoms. The van der Waals surface area contributed by atoms with Gasteiger partial charge in [0.1, 0.15) is 17.2 Å². The summed E-state index contributed by atoms with van der Waals surface area (Å²) < 4.78 is 12.7. The molecule has 0 saturated carbocycles. The number of anilines is 1. The maximum atomic E-state index is 13.2. The van der Waals surface area contributed by atoms with Crippen molar-refractivity contribution < 1.29 is 19.2 Å². The predicted octanol–water partition coefficient (Wildman–Crippen LogP) is 4.54. The van der Waals surface area contributed by atoms with E-state index in [4.69, 9.17) is 9.47 Å². The van der Waals surface area contributed by atoms with E-state index in [0.29, 0.717) is 24.6 Å². The van der Waals surface area contributed by atoms with Crippen molar-refractivity contribution in [3.8, 4) is 11.5 Å². The molecule has 0 bridgehead atoms. The maximum absolute atomic E-state index is 13.2. The Kier molecular flexibility index (Phi) is 5.72. The van der Waals surface area contributed by atoms with Crippen molar-refractivity contribution >= 4 is 28.2 Å². The minimum absolute atomic E-state index is 0.129. The van der Waals surface area contributed by atoms with Gasteiger partial charge in [-0.15, -0.1) is 0 Å². The van der Waals surface area contributed by atoms with Crippen LogP contribution < -0.4 is 14.8 Å². The zero-order valence-corrected chi connectivity index (χ0v) is 16.8. The Labute approximate surface area is 168 Å². The van der Waals surface area contributed by atoms with Crippen LogP contribution in [0.4, 0.5) is 11.4 Å². The first kappa shape index (κ1) is 20.2. The summed E-state index contributed by atoms with van der Waals surface area (Å²) in [5.41, 5.74) is 2.34. The number of fused-ring (bicyclic) bond motifs is 1. The second kappa shape index (κ2) is 8.22. The summed E-state index contributed by atoms with van der Waals surface area (Å²) >= 11 is 0. The number of hydrogen-bond acceptors (Lipinski definition) is 5. The zero-order valence-electron chi connectivity index (χ0n) is 16.8. The van der Waals surface area contributed by atoms with E-state index < -0.39 is 4.92 Å². The minimum Gasteiger partial charge on any atom is -0.495 e. The Balaban J connectivity index is 2.06. The number of nitro benzene ring substituents is 1. The highest BCUT2D eigenvalue weighted by Crippen LogP contribution is 2.32. The van der Waals surface area contributed by atoms with Crippen LogP contribution in [0.15, 0.2) is 36.4 Å². The van der Waals surface area contributed by atoms with Gasteiger partial charge in [-0.1, -0.05) is 0 Å². The molecule has 1 N–H and O–H groups in total. The number of aromatic nitrogens is 1. The van der Waals surface area contributed by atoms with Crippen LogP contribution in [0.3, 0.4) is 0 Å². The summed E-state index contributed by atoms with van der Waals surface area (Å²) in [6.45, 7) is 6.90. The van der Waals surface area contributed by atoms with Crippen molar-refractivity contribution in [2.24, 2.45) is 0 Å². The van der Waals surface area contributed by atoms with E-state index in [-0.39, 0.29) is 17.3 Å². The van der Waals surface area contributed by atoms with Gasteiger partial charge in [-0.2, -0.15) is 0 Å². The second-order valence-corrected chi connectivity index (χ2v) is 6.43. The third-order valence-electron chi connectivity index (χ3n) is 4.77. The first-order valence-corrected chi connectivity index (χ1v) is 9.30.